The third kappa shape index (κ3) is 3.71. The molecule has 0 aliphatic carbocycles. The van der Waals surface area contributed by atoms with Gasteiger partial charge in [0.2, 0.25) is 0 Å². The Hall–Kier alpha value is -0.580. The highest BCUT2D eigenvalue weighted by Gasteiger charge is 2.25. The molecule has 0 saturated heterocycles. The molecule has 0 aromatic heterocycles. The summed E-state index contributed by atoms with van der Waals surface area (Å²) in [5, 5.41) is 0. The number of hydrogen-bond acceptors (Lipinski definition) is 3. The molecular formula is C15H22N2S2. The van der Waals surface area contributed by atoms with Gasteiger partial charge in [-0.3, -0.25) is 0 Å². The molecule has 2 rings (SSSR count). The SMILES string of the molecule is CCN(CC(C)C(N)=S)CC1CSc2ccccc21. The molecule has 0 saturated carbocycles. The van der Waals surface area contributed by atoms with Crippen molar-refractivity contribution in [2.24, 2.45) is 11.7 Å². The number of rotatable bonds is 6. The van der Waals surface area contributed by atoms with Gasteiger partial charge in [-0.05, 0) is 18.2 Å². The normalized spacial score (nSPS) is 19.4. The van der Waals surface area contributed by atoms with Gasteiger partial charge < -0.3 is 10.6 Å². The number of fused-ring (bicyclic) bond motifs is 1. The van der Waals surface area contributed by atoms with Gasteiger partial charge in [-0.25, -0.2) is 0 Å². The van der Waals surface area contributed by atoms with Crippen molar-refractivity contribution in [1.29, 1.82) is 0 Å². The fourth-order valence-corrected chi connectivity index (χ4v) is 3.82. The maximum atomic E-state index is 5.72. The Morgan fingerprint density at radius 3 is 2.95 bits per heavy atom. The van der Waals surface area contributed by atoms with Crippen LogP contribution in [0.2, 0.25) is 0 Å². The summed E-state index contributed by atoms with van der Waals surface area (Å²) in [7, 11) is 0. The summed E-state index contributed by atoms with van der Waals surface area (Å²) in [6.45, 7) is 7.45. The van der Waals surface area contributed by atoms with Crippen LogP contribution in [0.5, 0.6) is 0 Å². The van der Waals surface area contributed by atoms with Crippen molar-refractivity contribution >= 4 is 29.0 Å². The van der Waals surface area contributed by atoms with Crippen LogP contribution in [0.4, 0.5) is 0 Å². The maximum Gasteiger partial charge on any atom is 0.0768 e. The van der Waals surface area contributed by atoms with E-state index in [1.54, 1.807) is 0 Å². The maximum absolute atomic E-state index is 5.72. The summed E-state index contributed by atoms with van der Waals surface area (Å²) < 4.78 is 0. The van der Waals surface area contributed by atoms with Gasteiger partial charge in [0.15, 0.2) is 0 Å². The van der Waals surface area contributed by atoms with Crippen molar-refractivity contribution in [3.05, 3.63) is 29.8 Å². The highest BCUT2D eigenvalue weighted by molar-refractivity contribution is 7.99. The van der Waals surface area contributed by atoms with Crippen LogP contribution in [0.1, 0.15) is 25.3 Å². The van der Waals surface area contributed by atoms with Crippen LogP contribution in [0, 0.1) is 5.92 Å². The topological polar surface area (TPSA) is 29.3 Å². The monoisotopic (exact) mass is 294 g/mol. The first-order valence-corrected chi connectivity index (χ1v) is 8.24. The molecule has 2 unspecified atom stereocenters. The van der Waals surface area contributed by atoms with Gasteiger partial charge in [-0.15, -0.1) is 11.8 Å². The van der Waals surface area contributed by atoms with Crippen molar-refractivity contribution in [3.63, 3.8) is 0 Å². The minimum atomic E-state index is 0.291. The number of hydrogen-bond donors (Lipinski definition) is 1. The van der Waals surface area contributed by atoms with Crippen LogP contribution in [0.25, 0.3) is 0 Å². The molecule has 0 bridgehead atoms. The van der Waals surface area contributed by atoms with E-state index in [0.29, 0.717) is 16.8 Å². The third-order valence-corrected chi connectivity index (χ3v) is 5.40. The molecule has 1 aliphatic heterocycles. The predicted octanol–water partition coefficient (Wildman–Crippen LogP) is 3.12. The number of thiocarbonyl (C=S) groups is 1. The van der Waals surface area contributed by atoms with Crippen LogP contribution in [0.15, 0.2) is 29.2 Å². The van der Waals surface area contributed by atoms with E-state index in [1.807, 2.05) is 11.8 Å². The van der Waals surface area contributed by atoms with Crippen LogP contribution < -0.4 is 5.73 Å². The Kier molecular flexibility index (Phi) is 5.25. The summed E-state index contributed by atoms with van der Waals surface area (Å²) in [5.41, 5.74) is 7.23. The van der Waals surface area contributed by atoms with Crippen molar-refractivity contribution < 1.29 is 0 Å². The van der Waals surface area contributed by atoms with Gasteiger partial charge in [-0.1, -0.05) is 44.3 Å². The lowest BCUT2D eigenvalue weighted by Crippen LogP contribution is -2.36. The van der Waals surface area contributed by atoms with E-state index in [2.05, 4.69) is 43.0 Å². The zero-order valence-electron chi connectivity index (χ0n) is 11.6. The summed E-state index contributed by atoms with van der Waals surface area (Å²) in [6.07, 6.45) is 0. The lowest BCUT2D eigenvalue weighted by molar-refractivity contribution is 0.261. The van der Waals surface area contributed by atoms with E-state index in [0.717, 1.165) is 19.6 Å². The van der Waals surface area contributed by atoms with Crippen molar-refractivity contribution in [1.82, 2.24) is 4.90 Å². The quantitative estimate of drug-likeness (QED) is 0.816. The first-order valence-electron chi connectivity index (χ1n) is 6.85. The summed E-state index contributed by atoms with van der Waals surface area (Å²) in [4.78, 5) is 4.54. The number of thioether (sulfide) groups is 1. The molecule has 1 aromatic carbocycles. The summed E-state index contributed by atoms with van der Waals surface area (Å²) in [6, 6.07) is 8.77. The lowest BCUT2D eigenvalue weighted by atomic mass is 10.00. The van der Waals surface area contributed by atoms with Crippen molar-refractivity contribution in [2.75, 3.05) is 25.4 Å². The van der Waals surface area contributed by atoms with Gasteiger partial charge in [0.25, 0.3) is 0 Å². The van der Waals surface area contributed by atoms with Crippen LogP contribution in [0.3, 0.4) is 0 Å². The Morgan fingerprint density at radius 1 is 1.53 bits per heavy atom. The Bertz CT molecular complexity index is 448. The molecule has 2 atom stereocenters. The van der Waals surface area contributed by atoms with Gasteiger partial charge >= 0.3 is 0 Å². The van der Waals surface area contributed by atoms with Crippen LogP contribution in [-0.2, 0) is 0 Å². The fourth-order valence-electron chi connectivity index (χ4n) is 2.50. The predicted molar refractivity (Wildman–Crippen MR) is 88.0 cm³/mol. The zero-order chi connectivity index (χ0) is 13.8. The van der Waals surface area contributed by atoms with Gasteiger partial charge in [0, 0.05) is 35.6 Å². The molecule has 0 spiro atoms. The molecular weight excluding hydrogens is 272 g/mol. The lowest BCUT2D eigenvalue weighted by Gasteiger charge is -2.26. The number of nitrogens with two attached hydrogens (primary N) is 1. The molecule has 4 heteroatoms. The standard InChI is InChI=1S/C15H22N2S2/c1-3-17(8-11(2)15(16)18)9-12-10-19-14-7-5-4-6-13(12)14/h4-7,11-12H,3,8-10H2,1-2H3,(H2,16,18). The molecule has 1 aliphatic rings. The van der Waals surface area contributed by atoms with E-state index in [9.17, 15) is 0 Å². The first kappa shape index (κ1) is 14.8. The average Bonchev–Trinajstić information content (AvgIpc) is 2.81. The second-order valence-corrected chi connectivity index (χ2v) is 6.73. The molecule has 1 aromatic rings. The second-order valence-electron chi connectivity index (χ2n) is 5.20. The van der Waals surface area contributed by atoms with Gasteiger partial charge in [0.05, 0.1) is 4.99 Å². The summed E-state index contributed by atoms with van der Waals surface area (Å²) in [5.74, 6) is 2.12. The van der Waals surface area contributed by atoms with Gasteiger partial charge in [-0.2, -0.15) is 0 Å². The first-order chi connectivity index (χ1) is 9.11. The number of nitrogens with zero attached hydrogens (tertiary/aromatic N) is 1. The largest absolute Gasteiger partial charge is 0.393 e. The van der Waals surface area contributed by atoms with Crippen LogP contribution in [-0.4, -0.2) is 35.3 Å². The Morgan fingerprint density at radius 2 is 2.26 bits per heavy atom. The van der Waals surface area contributed by atoms with Crippen molar-refractivity contribution in [2.45, 2.75) is 24.7 Å². The molecule has 1 heterocycles. The Balaban J connectivity index is 1.98. The van der Waals surface area contributed by atoms with Gasteiger partial charge in [0.1, 0.15) is 0 Å². The molecule has 0 fully saturated rings. The molecule has 19 heavy (non-hydrogen) atoms. The Labute approximate surface area is 125 Å². The van der Waals surface area contributed by atoms with Crippen LogP contribution >= 0.6 is 24.0 Å². The van der Waals surface area contributed by atoms with Crippen molar-refractivity contribution in [3.8, 4) is 0 Å². The highest BCUT2D eigenvalue weighted by Crippen LogP contribution is 2.39. The smallest absolute Gasteiger partial charge is 0.0768 e. The van der Waals surface area contributed by atoms with E-state index in [4.69, 9.17) is 18.0 Å². The molecule has 2 nitrogen and oxygen atoms in total. The fraction of sp³-hybridized carbons (Fsp3) is 0.533. The second kappa shape index (κ2) is 6.73. The zero-order valence-corrected chi connectivity index (χ0v) is 13.3. The molecule has 0 amide bonds. The average molecular weight is 294 g/mol. The molecule has 104 valence electrons. The van der Waals surface area contributed by atoms with E-state index in [-0.39, 0.29) is 0 Å². The number of likely N-dealkylation sites (N-methyl/N-ethyl adjacent to an activating group) is 1. The van der Waals surface area contributed by atoms with E-state index >= 15 is 0 Å². The van der Waals surface area contributed by atoms with E-state index in [1.165, 1.54) is 16.2 Å². The number of benzene rings is 1. The summed E-state index contributed by atoms with van der Waals surface area (Å²) >= 11 is 7.05. The van der Waals surface area contributed by atoms with E-state index < -0.39 is 0 Å². The molecule has 2 N–H and O–H groups in total. The minimum Gasteiger partial charge on any atom is -0.393 e. The third-order valence-electron chi connectivity index (χ3n) is 3.74. The minimum absolute atomic E-state index is 0.291. The molecule has 0 radical (unpaired) electrons. The highest BCUT2D eigenvalue weighted by atomic mass is 32.2.